The molecule has 0 radical (unpaired) electrons. The minimum absolute atomic E-state index is 0.147. The molecule has 0 saturated heterocycles. The van der Waals surface area contributed by atoms with Gasteiger partial charge in [0, 0.05) is 12.1 Å². The van der Waals surface area contributed by atoms with E-state index in [1.165, 1.54) is 0 Å². The first-order valence-corrected chi connectivity index (χ1v) is 5.65. The van der Waals surface area contributed by atoms with Gasteiger partial charge in [0.1, 0.15) is 16.0 Å². The van der Waals surface area contributed by atoms with Crippen molar-refractivity contribution in [2.24, 2.45) is 5.73 Å². The van der Waals surface area contributed by atoms with E-state index in [0.29, 0.717) is 21.5 Å². The third kappa shape index (κ3) is 2.31. The topological polar surface area (TPSA) is 64.7 Å². The lowest BCUT2D eigenvalue weighted by Crippen LogP contribution is -2.13. The van der Waals surface area contributed by atoms with Gasteiger partial charge in [0.25, 0.3) is 0 Å². The van der Waals surface area contributed by atoms with Gasteiger partial charge in [-0.25, -0.2) is 0 Å². The first-order valence-electron chi connectivity index (χ1n) is 4.85. The number of ether oxygens (including phenoxy) is 2. The van der Waals surface area contributed by atoms with Crippen LogP contribution in [-0.2, 0) is 0 Å². The van der Waals surface area contributed by atoms with Gasteiger partial charge in [-0.2, -0.15) is 0 Å². The fraction of sp³-hybridized carbons (Fsp3) is 0.455. The second kappa shape index (κ2) is 5.52. The number of hydrogen-bond acceptors (Lipinski definition) is 4. The zero-order valence-electron chi connectivity index (χ0n) is 9.58. The van der Waals surface area contributed by atoms with Gasteiger partial charge in [-0.15, -0.1) is 0 Å². The second-order valence-corrected chi connectivity index (χ2v) is 4.21. The number of methoxy groups -OCH3 is 2. The number of aryl methyl sites for hydroxylation is 1. The number of aliphatic hydroxyl groups is 1. The Balaban J connectivity index is 3.40. The Hall–Kier alpha value is -0.780. The molecule has 3 N–H and O–H groups in total. The molecule has 1 rings (SSSR count). The number of hydrogen-bond donors (Lipinski definition) is 2. The van der Waals surface area contributed by atoms with Crippen LogP contribution in [0.15, 0.2) is 10.5 Å². The molecule has 1 unspecified atom stereocenters. The largest absolute Gasteiger partial charge is 0.495 e. The maximum atomic E-state index is 9.79. The van der Waals surface area contributed by atoms with Crippen molar-refractivity contribution in [1.29, 1.82) is 0 Å². The zero-order valence-corrected chi connectivity index (χ0v) is 11.2. The Morgan fingerprint density at radius 3 is 2.38 bits per heavy atom. The molecule has 4 nitrogen and oxygen atoms in total. The molecule has 0 aliphatic heterocycles. The molecule has 0 spiro atoms. The Morgan fingerprint density at radius 2 is 1.94 bits per heavy atom. The number of rotatable bonds is 4. The quantitative estimate of drug-likeness (QED) is 0.887. The van der Waals surface area contributed by atoms with Crippen LogP contribution in [0.4, 0.5) is 0 Å². The molecule has 16 heavy (non-hydrogen) atoms. The van der Waals surface area contributed by atoms with Crippen molar-refractivity contribution in [2.75, 3.05) is 20.8 Å². The predicted octanol–water partition coefficient (Wildman–Crippen LogP) is 1.77. The summed E-state index contributed by atoms with van der Waals surface area (Å²) in [5.41, 5.74) is 7.02. The van der Waals surface area contributed by atoms with Crippen molar-refractivity contribution < 1.29 is 14.6 Å². The first kappa shape index (κ1) is 13.3. The Labute approximate surface area is 103 Å². The fourth-order valence-corrected chi connectivity index (χ4v) is 2.47. The average molecular weight is 290 g/mol. The van der Waals surface area contributed by atoms with Crippen LogP contribution in [0.1, 0.15) is 17.2 Å². The third-order valence-electron chi connectivity index (χ3n) is 2.38. The normalized spacial score (nSPS) is 12.4. The van der Waals surface area contributed by atoms with Gasteiger partial charge in [0.2, 0.25) is 0 Å². The SMILES string of the molecule is COc1c(C)cc(C(O)CN)c(OC)c1Br. The third-order valence-corrected chi connectivity index (χ3v) is 3.10. The summed E-state index contributed by atoms with van der Waals surface area (Å²) < 4.78 is 11.2. The van der Waals surface area contributed by atoms with Crippen molar-refractivity contribution in [3.63, 3.8) is 0 Å². The first-order chi connectivity index (χ1) is 7.56. The molecule has 0 aromatic heterocycles. The fourth-order valence-electron chi connectivity index (χ4n) is 1.60. The van der Waals surface area contributed by atoms with Crippen LogP contribution >= 0.6 is 15.9 Å². The van der Waals surface area contributed by atoms with E-state index in [2.05, 4.69) is 15.9 Å². The zero-order chi connectivity index (χ0) is 12.3. The molecule has 1 atom stereocenters. The number of nitrogens with two attached hydrogens (primary N) is 1. The number of benzene rings is 1. The monoisotopic (exact) mass is 289 g/mol. The van der Waals surface area contributed by atoms with Crippen molar-refractivity contribution in [3.05, 3.63) is 21.7 Å². The van der Waals surface area contributed by atoms with Crippen LogP contribution in [0.25, 0.3) is 0 Å². The van der Waals surface area contributed by atoms with E-state index in [9.17, 15) is 5.11 Å². The van der Waals surface area contributed by atoms with E-state index in [4.69, 9.17) is 15.2 Å². The van der Waals surface area contributed by atoms with Crippen molar-refractivity contribution >= 4 is 15.9 Å². The van der Waals surface area contributed by atoms with Gasteiger partial charge >= 0.3 is 0 Å². The molecule has 0 fully saturated rings. The molecule has 0 amide bonds. The molecule has 1 aromatic rings. The summed E-state index contributed by atoms with van der Waals surface area (Å²) in [5, 5.41) is 9.79. The van der Waals surface area contributed by atoms with Gasteiger partial charge in [-0.05, 0) is 34.5 Å². The van der Waals surface area contributed by atoms with Crippen LogP contribution in [-0.4, -0.2) is 25.9 Å². The smallest absolute Gasteiger partial charge is 0.142 e. The summed E-state index contributed by atoms with van der Waals surface area (Å²) in [6, 6.07) is 1.82. The van der Waals surface area contributed by atoms with E-state index in [0.717, 1.165) is 5.56 Å². The molecule has 0 aliphatic carbocycles. The number of halogens is 1. The highest BCUT2D eigenvalue weighted by molar-refractivity contribution is 9.10. The molecule has 90 valence electrons. The van der Waals surface area contributed by atoms with Gasteiger partial charge in [0.15, 0.2) is 0 Å². The molecule has 0 aliphatic rings. The maximum absolute atomic E-state index is 9.79. The van der Waals surface area contributed by atoms with Crippen LogP contribution in [0.2, 0.25) is 0 Å². The summed E-state index contributed by atoms with van der Waals surface area (Å²) >= 11 is 3.40. The summed E-state index contributed by atoms with van der Waals surface area (Å²) in [6.45, 7) is 2.05. The van der Waals surface area contributed by atoms with Crippen molar-refractivity contribution in [3.8, 4) is 11.5 Å². The minimum Gasteiger partial charge on any atom is -0.495 e. The van der Waals surface area contributed by atoms with Gasteiger partial charge < -0.3 is 20.3 Å². The van der Waals surface area contributed by atoms with Crippen molar-refractivity contribution in [1.82, 2.24) is 0 Å². The molecular weight excluding hydrogens is 274 g/mol. The minimum atomic E-state index is -0.740. The Bertz CT molecular complexity index is 382. The summed E-state index contributed by atoms with van der Waals surface area (Å²) in [5.74, 6) is 1.25. The molecule has 5 heteroatoms. The highest BCUT2D eigenvalue weighted by Gasteiger charge is 2.19. The standard InChI is InChI=1S/C11H16BrNO3/c1-6-4-7(8(14)5-13)11(16-3)9(12)10(6)15-2/h4,8,14H,5,13H2,1-3H3. The second-order valence-electron chi connectivity index (χ2n) is 3.41. The summed E-state index contributed by atoms with van der Waals surface area (Å²) in [6.07, 6.45) is -0.740. The van der Waals surface area contributed by atoms with Gasteiger partial charge in [-0.3, -0.25) is 0 Å². The van der Waals surface area contributed by atoms with Crippen LogP contribution in [0, 0.1) is 6.92 Å². The number of aliphatic hydroxyl groups excluding tert-OH is 1. The lowest BCUT2D eigenvalue weighted by molar-refractivity contribution is 0.181. The van der Waals surface area contributed by atoms with Crippen LogP contribution < -0.4 is 15.2 Å². The lowest BCUT2D eigenvalue weighted by Gasteiger charge is -2.18. The molecule has 1 aromatic carbocycles. The average Bonchev–Trinajstić information content (AvgIpc) is 2.28. The highest BCUT2D eigenvalue weighted by atomic mass is 79.9. The van der Waals surface area contributed by atoms with Crippen molar-refractivity contribution in [2.45, 2.75) is 13.0 Å². The molecule has 0 heterocycles. The molecular formula is C11H16BrNO3. The van der Waals surface area contributed by atoms with E-state index in [1.807, 2.05) is 13.0 Å². The predicted molar refractivity (Wildman–Crippen MR) is 66.0 cm³/mol. The van der Waals surface area contributed by atoms with E-state index in [-0.39, 0.29) is 6.54 Å². The lowest BCUT2D eigenvalue weighted by atomic mass is 10.0. The maximum Gasteiger partial charge on any atom is 0.142 e. The van der Waals surface area contributed by atoms with E-state index >= 15 is 0 Å². The molecule has 0 saturated carbocycles. The van der Waals surface area contributed by atoms with Gasteiger partial charge in [-0.1, -0.05) is 0 Å². The Morgan fingerprint density at radius 1 is 1.38 bits per heavy atom. The summed E-state index contributed by atoms with van der Waals surface area (Å²) in [7, 11) is 3.13. The van der Waals surface area contributed by atoms with Crippen LogP contribution in [0.5, 0.6) is 11.5 Å². The van der Waals surface area contributed by atoms with E-state index in [1.54, 1.807) is 14.2 Å². The summed E-state index contributed by atoms with van der Waals surface area (Å²) in [4.78, 5) is 0. The Kier molecular flexibility index (Phi) is 4.58. The van der Waals surface area contributed by atoms with E-state index < -0.39 is 6.10 Å². The van der Waals surface area contributed by atoms with Gasteiger partial charge in [0.05, 0.1) is 20.3 Å². The highest BCUT2D eigenvalue weighted by Crippen LogP contribution is 2.41. The van der Waals surface area contributed by atoms with Crippen LogP contribution in [0.3, 0.4) is 0 Å². The molecule has 0 bridgehead atoms.